The average molecular weight is 179 g/mol. The van der Waals surface area contributed by atoms with Crippen molar-refractivity contribution in [2.45, 2.75) is 13.3 Å². The van der Waals surface area contributed by atoms with Gasteiger partial charge in [-0.05, 0) is 6.42 Å². The SMILES string of the molecule is CCCOc1ncnc2ocnc12. The number of rotatable bonds is 3. The van der Waals surface area contributed by atoms with Crippen molar-refractivity contribution in [1.29, 1.82) is 0 Å². The maximum absolute atomic E-state index is 5.35. The summed E-state index contributed by atoms with van der Waals surface area (Å²) in [5.41, 5.74) is 1.04. The third-order valence-electron chi connectivity index (χ3n) is 1.54. The Bertz CT molecular complexity index is 399. The van der Waals surface area contributed by atoms with Crippen LogP contribution in [0, 0.1) is 0 Å². The van der Waals surface area contributed by atoms with Crippen molar-refractivity contribution in [2.24, 2.45) is 0 Å². The maximum Gasteiger partial charge on any atom is 0.253 e. The van der Waals surface area contributed by atoms with Gasteiger partial charge in [-0.1, -0.05) is 6.92 Å². The molecular weight excluding hydrogens is 170 g/mol. The molecule has 5 heteroatoms. The van der Waals surface area contributed by atoms with E-state index in [1.165, 1.54) is 12.7 Å². The summed E-state index contributed by atoms with van der Waals surface area (Å²) in [6.45, 7) is 2.65. The molecule has 0 saturated carbocycles. The van der Waals surface area contributed by atoms with Crippen LogP contribution in [-0.4, -0.2) is 21.6 Å². The third-order valence-corrected chi connectivity index (χ3v) is 1.54. The lowest BCUT2D eigenvalue weighted by Crippen LogP contribution is -1.98. The molecule has 0 saturated heterocycles. The van der Waals surface area contributed by atoms with Gasteiger partial charge in [0.2, 0.25) is 5.88 Å². The summed E-state index contributed by atoms with van der Waals surface area (Å²) in [4.78, 5) is 11.8. The van der Waals surface area contributed by atoms with Gasteiger partial charge in [0.25, 0.3) is 5.71 Å². The predicted molar refractivity (Wildman–Crippen MR) is 45.4 cm³/mol. The molecule has 13 heavy (non-hydrogen) atoms. The number of hydrogen-bond acceptors (Lipinski definition) is 5. The molecule has 2 aromatic rings. The lowest BCUT2D eigenvalue weighted by molar-refractivity contribution is 0.308. The Morgan fingerprint density at radius 1 is 1.38 bits per heavy atom. The second-order valence-corrected chi connectivity index (χ2v) is 2.53. The largest absolute Gasteiger partial charge is 0.476 e. The van der Waals surface area contributed by atoms with Crippen LogP contribution in [0.25, 0.3) is 11.2 Å². The van der Waals surface area contributed by atoms with Gasteiger partial charge in [0.05, 0.1) is 6.61 Å². The summed E-state index contributed by atoms with van der Waals surface area (Å²) in [5, 5.41) is 0. The summed E-state index contributed by atoms with van der Waals surface area (Å²) in [6.07, 6.45) is 3.67. The highest BCUT2D eigenvalue weighted by Gasteiger charge is 2.07. The summed E-state index contributed by atoms with van der Waals surface area (Å²) in [7, 11) is 0. The fraction of sp³-hybridized carbons (Fsp3) is 0.375. The number of fused-ring (bicyclic) bond motifs is 1. The second-order valence-electron chi connectivity index (χ2n) is 2.53. The van der Waals surface area contributed by atoms with Crippen molar-refractivity contribution in [1.82, 2.24) is 15.0 Å². The molecule has 2 aromatic heterocycles. The first kappa shape index (κ1) is 7.97. The first-order valence-electron chi connectivity index (χ1n) is 4.09. The minimum atomic E-state index is 0.459. The molecule has 0 atom stereocenters. The molecular formula is C8H9N3O2. The highest BCUT2D eigenvalue weighted by Crippen LogP contribution is 2.18. The van der Waals surface area contributed by atoms with Gasteiger partial charge in [-0.3, -0.25) is 0 Å². The smallest absolute Gasteiger partial charge is 0.253 e. The van der Waals surface area contributed by atoms with Crippen LogP contribution >= 0.6 is 0 Å². The van der Waals surface area contributed by atoms with Crippen LogP contribution in [0.1, 0.15) is 13.3 Å². The fourth-order valence-corrected chi connectivity index (χ4v) is 0.978. The monoisotopic (exact) mass is 179 g/mol. The quantitative estimate of drug-likeness (QED) is 0.712. The van der Waals surface area contributed by atoms with Crippen molar-refractivity contribution < 1.29 is 9.15 Å². The molecule has 68 valence electrons. The zero-order chi connectivity index (χ0) is 9.10. The van der Waals surface area contributed by atoms with Gasteiger partial charge in [-0.15, -0.1) is 0 Å². The van der Waals surface area contributed by atoms with Crippen molar-refractivity contribution in [3.8, 4) is 5.88 Å². The average Bonchev–Trinajstić information content (AvgIpc) is 2.62. The minimum absolute atomic E-state index is 0.459. The predicted octanol–water partition coefficient (Wildman–Crippen LogP) is 1.41. The Balaban J connectivity index is 2.37. The van der Waals surface area contributed by atoms with Gasteiger partial charge in [0.15, 0.2) is 11.9 Å². The number of ether oxygens (including phenoxy) is 1. The van der Waals surface area contributed by atoms with Gasteiger partial charge in [-0.2, -0.15) is 9.97 Å². The number of nitrogens with zero attached hydrogens (tertiary/aromatic N) is 3. The second kappa shape index (κ2) is 3.38. The van der Waals surface area contributed by atoms with Crippen LogP contribution in [0.5, 0.6) is 5.88 Å². The van der Waals surface area contributed by atoms with E-state index >= 15 is 0 Å². The Kier molecular flexibility index (Phi) is 2.08. The van der Waals surface area contributed by atoms with Gasteiger partial charge in [0.1, 0.15) is 6.33 Å². The molecule has 0 spiro atoms. The van der Waals surface area contributed by atoms with E-state index in [0.29, 0.717) is 23.7 Å². The van der Waals surface area contributed by atoms with E-state index in [2.05, 4.69) is 15.0 Å². The molecule has 0 amide bonds. The lowest BCUT2D eigenvalue weighted by Gasteiger charge is -2.01. The highest BCUT2D eigenvalue weighted by atomic mass is 16.5. The molecule has 0 bridgehead atoms. The third kappa shape index (κ3) is 1.44. The molecule has 0 aliphatic heterocycles. The minimum Gasteiger partial charge on any atom is -0.476 e. The van der Waals surface area contributed by atoms with Crippen LogP contribution in [0.15, 0.2) is 17.1 Å². The lowest BCUT2D eigenvalue weighted by atomic mass is 10.5. The Morgan fingerprint density at radius 2 is 2.31 bits per heavy atom. The van der Waals surface area contributed by atoms with E-state index in [-0.39, 0.29) is 0 Å². The first-order valence-corrected chi connectivity index (χ1v) is 4.09. The normalized spacial score (nSPS) is 10.5. The van der Waals surface area contributed by atoms with Gasteiger partial charge in [0, 0.05) is 0 Å². The van der Waals surface area contributed by atoms with Gasteiger partial charge in [-0.25, -0.2) is 4.98 Å². The Labute approximate surface area is 74.8 Å². The molecule has 5 nitrogen and oxygen atoms in total. The molecule has 0 radical (unpaired) electrons. The zero-order valence-electron chi connectivity index (χ0n) is 7.23. The summed E-state index contributed by atoms with van der Waals surface area (Å²) in [6, 6.07) is 0. The van der Waals surface area contributed by atoms with Gasteiger partial charge < -0.3 is 9.15 Å². The molecule has 0 aliphatic carbocycles. The fourth-order valence-electron chi connectivity index (χ4n) is 0.978. The number of oxazole rings is 1. The van der Waals surface area contributed by atoms with Crippen LogP contribution in [0.2, 0.25) is 0 Å². The standard InChI is InChI=1S/C8H9N3O2/c1-2-3-12-7-6-8(10-4-9-7)13-5-11-6/h4-5H,2-3H2,1H3. The van der Waals surface area contributed by atoms with E-state index in [1.807, 2.05) is 6.92 Å². The van der Waals surface area contributed by atoms with E-state index in [1.54, 1.807) is 0 Å². The number of aromatic nitrogens is 3. The topological polar surface area (TPSA) is 61.0 Å². The van der Waals surface area contributed by atoms with Crippen molar-refractivity contribution in [3.63, 3.8) is 0 Å². The number of hydrogen-bond donors (Lipinski definition) is 0. The Hall–Kier alpha value is -1.65. The van der Waals surface area contributed by atoms with Crippen LogP contribution in [-0.2, 0) is 0 Å². The molecule has 0 N–H and O–H groups in total. The van der Waals surface area contributed by atoms with E-state index < -0.39 is 0 Å². The maximum atomic E-state index is 5.35. The molecule has 0 aromatic carbocycles. The van der Waals surface area contributed by atoms with Gasteiger partial charge >= 0.3 is 0 Å². The molecule has 2 heterocycles. The summed E-state index contributed by atoms with van der Waals surface area (Å²) >= 11 is 0. The van der Waals surface area contributed by atoms with Crippen LogP contribution < -0.4 is 4.74 Å². The Morgan fingerprint density at radius 3 is 3.15 bits per heavy atom. The van der Waals surface area contributed by atoms with E-state index in [9.17, 15) is 0 Å². The molecule has 2 rings (SSSR count). The van der Waals surface area contributed by atoms with E-state index in [0.717, 1.165) is 6.42 Å². The zero-order valence-corrected chi connectivity index (χ0v) is 7.23. The summed E-state index contributed by atoms with van der Waals surface area (Å²) < 4.78 is 10.3. The molecule has 0 aliphatic rings. The van der Waals surface area contributed by atoms with Crippen LogP contribution in [0.3, 0.4) is 0 Å². The van der Waals surface area contributed by atoms with E-state index in [4.69, 9.17) is 9.15 Å². The first-order chi connectivity index (χ1) is 6.42. The van der Waals surface area contributed by atoms with Crippen molar-refractivity contribution in [3.05, 3.63) is 12.7 Å². The van der Waals surface area contributed by atoms with Crippen LogP contribution in [0.4, 0.5) is 0 Å². The van der Waals surface area contributed by atoms with Crippen molar-refractivity contribution in [2.75, 3.05) is 6.61 Å². The highest BCUT2D eigenvalue weighted by molar-refractivity contribution is 5.72. The summed E-state index contributed by atoms with van der Waals surface area (Å²) in [5.74, 6) is 0.487. The molecule has 0 fully saturated rings. The molecule has 0 unspecified atom stereocenters. The van der Waals surface area contributed by atoms with Crippen molar-refractivity contribution >= 4 is 11.2 Å².